The maximum atomic E-state index is 12.5. The fourth-order valence-corrected chi connectivity index (χ4v) is 2.50. The average molecular weight is 331 g/mol. The molecule has 1 aliphatic rings. The SMILES string of the molecule is CNCCN(C)C(=O)c1nnn(-c2ccc3c(c2)OCCO3)c1C. The van der Waals surface area contributed by atoms with Crippen molar-refractivity contribution in [2.45, 2.75) is 6.92 Å². The summed E-state index contributed by atoms with van der Waals surface area (Å²) in [5, 5.41) is 11.2. The number of likely N-dealkylation sites (N-methyl/N-ethyl adjacent to an activating group) is 2. The summed E-state index contributed by atoms with van der Waals surface area (Å²) in [5.74, 6) is 1.24. The van der Waals surface area contributed by atoms with Crippen LogP contribution in [0.25, 0.3) is 5.69 Å². The van der Waals surface area contributed by atoms with Gasteiger partial charge in [-0.25, -0.2) is 4.68 Å². The molecule has 24 heavy (non-hydrogen) atoms. The van der Waals surface area contributed by atoms with Crippen molar-refractivity contribution in [1.82, 2.24) is 25.2 Å². The van der Waals surface area contributed by atoms with Crippen LogP contribution in [0.4, 0.5) is 0 Å². The number of benzene rings is 1. The van der Waals surface area contributed by atoms with Crippen LogP contribution in [0.5, 0.6) is 11.5 Å². The molecule has 2 heterocycles. The summed E-state index contributed by atoms with van der Waals surface area (Å²) in [7, 11) is 3.60. The molecule has 1 amide bonds. The highest BCUT2D eigenvalue weighted by Gasteiger charge is 2.21. The Morgan fingerprint density at radius 1 is 1.33 bits per heavy atom. The lowest BCUT2D eigenvalue weighted by Gasteiger charge is -2.19. The van der Waals surface area contributed by atoms with Gasteiger partial charge in [-0.2, -0.15) is 0 Å². The van der Waals surface area contributed by atoms with Crippen molar-refractivity contribution in [2.75, 3.05) is 40.4 Å². The smallest absolute Gasteiger partial charge is 0.276 e. The number of nitrogens with one attached hydrogen (secondary N) is 1. The first-order chi connectivity index (χ1) is 11.6. The first kappa shape index (κ1) is 16.3. The third kappa shape index (κ3) is 3.05. The van der Waals surface area contributed by atoms with Gasteiger partial charge in [0.2, 0.25) is 0 Å². The van der Waals surface area contributed by atoms with Crippen LogP contribution in [0, 0.1) is 6.92 Å². The van der Waals surface area contributed by atoms with Crippen LogP contribution in [0.2, 0.25) is 0 Å². The first-order valence-corrected chi connectivity index (χ1v) is 7.84. The van der Waals surface area contributed by atoms with Crippen molar-refractivity contribution < 1.29 is 14.3 Å². The Kier molecular flexibility index (Phi) is 4.66. The molecule has 128 valence electrons. The lowest BCUT2D eigenvalue weighted by Crippen LogP contribution is -2.33. The van der Waals surface area contributed by atoms with Gasteiger partial charge < -0.3 is 19.7 Å². The highest BCUT2D eigenvalue weighted by molar-refractivity contribution is 5.93. The van der Waals surface area contributed by atoms with Gasteiger partial charge in [0.1, 0.15) is 13.2 Å². The molecule has 1 aromatic heterocycles. The second-order valence-corrected chi connectivity index (χ2v) is 5.59. The van der Waals surface area contributed by atoms with Crippen LogP contribution in [0.1, 0.15) is 16.2 Å². The summed E-state index contributed by atoms with van der Waals surface area (Å²) in [4.78, 5) is 14.1. The molecule has 0 saturated carbocycles. The Balaban J connectivity index is 1.86. The molecule has 0 bridgehead atoms. The van der Waals surface area contributed by atoms with E-state index in [1.807, 2.05) is 32.2 Å². The monoisotopic (exact) mass is 331 g/mol. The summed E-state index contributed by atoms with van der Waals surface area (Å²) in [6.45, 7) is 4.22. The quantitative estimate of drug-likeness (QED) is 0.866. The lowest BCUT2D eigenvalue weighted by molar-refractivity contribution is 0.0790. The minimum atomic E-state index is -0.147. The number of hydrogen-bond acceptors (Lipinski definition) is 6. The molecule has 0 atom stereocenters. The standard InChI is InChI=1S/C16H21N5O3/c1-11-15(16(22)20(3)7-6-17-2)18-19-21(11)12-4-5-13-14(10-12)24-9-8-23-13/h4-5,10,17H,6-9H2,1-3H3. The van der Waals surface area contributed by atoms with Gasteiger partial charge in [-0.15, -0.1) is 5.10 Å². The number of hydrogen-bond donors (Lipinski definition) is 1. The van der Waals surface area contributed by atoms with Crippen molar-refractivity contribution in [3.8, 4) is 17.2 Å². The molecule has 0 unspecified atom stereocenters. The van der Waals surface area contributed by atoms with E-state index in [0.29, 0.717) is 42.6 Å². The Morgan fingerprint density at radius 3 is 2.83 bits per heavy atom. The number of aromatic nitrogens is 3. The molecule has 3 rings (SSSR count). The molecule has 0 saturated heterocycles. The van der Waals surface area contributed by atoms with Crippen molar-refractivity contribution in [3.63, 3.8) is 0 Å². The number of nitrogens with zero attached hydrogens (tertiary/aromatic N) is 4. The van der Waals surface area contributed by atoms with E-state index in [1.165, 1.54) is 0 Å². The minimum Gasteiger partial charge on any atom is -0.486 e. The molecular weight excluding hydrogens is 310 g/mol. The van der Waals surface area contributed by atoms with Crippen LogP contribution < -0.4 is 14.8 Å². The van der Waals surface area contributed by atoms with Crippen molar-refractivity contribution in [1.29, 1.82) is 0 Å². The topological polar surface area (TPSA) is 81.5 Å². The van der Waals surface area contributed by atoms with E-state index < -0.39 is 0 Å². The van der Waals surface area contributed by atoms with Crippen molar-refractivity contribution in [3.05, 3.63) is 29.6 Å². The summed E-state index contributed by atoms with van der Waals surface area (Å²) in [5.41, 5.74) is 1.82. The van der Waals surface area contributed by atoms with Crippen molar-refractivity contribution in [2.24, 2.45) is 0 Å². The Hall–Kier alpha value is -2.61. The first-order valence-electron chi connectivity index (χ1n) is 7.84. The van der Waals surface area contributed by atoms with Crippen LogP contribution in [-0.4, -0.2) is 66.2 Å². The molecule has 1 N–H and O–H groups in total. The summed E-state index contributed by atoms with van der Waals surface area (Å²) in [6.07, 6.45) is 0. The van der Waals surface area contributed by atoms with Crippen LogP contribution in [-0.2, 0) is 0 Å². The van der Waals surface area contributed by atoms with E-state index in [2.05, 4.69) is 15.6 Å². The normalized spacial score (nSPS) is 13.0. The van der Waals surface area contributed by atoms with Crippen molar-refractivity contribution >= 4 is 5.91 Å². The van der Waals surface area contributed by atoms with Crippen LogP contribution in [0.3, 0.4) is 0 Å². The largest absolute Gasteiger partial charge is 0.486 e. The maximum absolute atomic E-state index is 12.5. The predicted octanol–water partition coefficient (Wildman–Crippen LogP) is 0.638. The average Bonchev–Trinajstić information content (AvgIpc) is 3.00. The molecule has 0 spiro atoms. The molecule has 8 heteroatoms. The van der Waals surface area contributed by atoms with Gasteiger partial charge >= 0.3 is 0 Å². The van der Waals surface area contributed by atoms with Gasteiger partial charge in [-0.05, 0) is 26.1 Å². The Bertz CT molecular complexity index is 743. The zero-order valence-corrected chi connectivity index (χ0v) is 14.1. The molecule has 0 aliphatic carbocycles. The lowest BCUT2D eigenvalue weighted by atomic mass is 10.2. The van der Waals surface area contributed by atoms with E-state index in [1.54, 1.807) is 16.6 Å². The fraction of sp³-hybridized carbons (Fsp3) is 0.438. The van der Waals surface area contributed by atoms with E-state index in [4.69, 9.17) is 9.47 Å². The summed E-state index contributed by atoms with van der Waals surface area (Å²) < 4.78 is 12.7. The van der Waals surface area contributed by atoms with Gasteiger partial charge in [-0.3, -0.25) is 4.79 Å². The number of carbonyl (C=O) groups is 1. The van der Waals surface area contributed by atoms with Gasteiger partial charge in [0.15, 0.2) is 17.2 Å². The molecule has 0 fully saturated rings. The number of rotatable bonds is 5. The molecule has 1 aromatic carbocycles. The van der Waals surface area contributed by atoms with E-state index >= 15 is 0 Å². The van der Waals surface area contributed by atoms with Gasteiger partial charge in [0.25, 0.3) is 5.91 Å². The van der Waals surface area contributed by atoms with E-state index in [9.17, 15) is 4.79 Å². The van der Waals surface area contributed by atoms with Crippen LogP contribution >= 0.6 is 0 Å². The van der Waals surface area contributed by atoms with Gasteiger partial charge in [-0.1, -0.05) is 5.21 Å². The highest BCUT2D eigenvalue weighted by atomic mass is 16.6. The minimum absolute atomic E-state index is 0.147. The highest BCUT2D eigenvalue weighted by Crippen LogP contribution is 2.32. The third-order valence-corrected chi connectivity index (χ3v) is 3.91. The molecule has 1 aliphatic heterocycles. The maximum Gasteiger partial charge on any atom is 0.276 e. The number of ether oxygens (including phenoxy) is 2. The predicted molar refractivity (Wildman–Crippen MR) is 88.0 cm³/mol. The molecule has 0 radical (unpaired) electrons. The molecule has 2 aromatic rings. The second kappa shape index (κ2) is 6.88. The molecule has 8 nitrogen and oxygen atoms in total. The second-order valence-electron chi connectivity index (χ2n) is 5.59. The summed E-state index contributed by atoms with van der Waals surface area (Å²) >= 11 is 0. The van der Waals surface area contributed by atoms with Gasteiger partial charge in [0, 0.05) is 26.2 Å². The number of carbonyl (C=O) groups excluding carboxylic acids is 1. The number of amides is 1. The number of fused-ring (bicyclic) bond motifs is 1. The Morgan fingerprint density at radius 2 is 2.08 bits per heavy atom. The fourth-order valence-electron chi connectivity index (χ4n) is 2.50. The zero-order valence-electron chi connectivity index (χ0n) is 14.1. The Labute approximate surface area is 140 Å². The molecular formula is C16H21N5O3. The van der Waals surface area contributed by atoms with E-state index in [-0.39, 0.29) is 5.91 Å². The van der Waals surface area contributed by atoms with E-state index in [0.717, 1.165) is 12.2 Å². The van der Waals surface area contributed by atoms with Crippen LogP contribution in [0.15, 0.2) is 18.2 Å². The summed E-state index contributed by atoms with van der Waals surface area (Å²) in [6, 6.07) is 5.55. The van der Waals surface area contributed by atoms with Gasteiger partial charge in [0.05, 0.1) is 11.4 Å². The zero-order chi connectivity index (χ0) is 17.1. The third-order valence-electron chi connectivity index (χ3n) is 3.91.